The van der Waals surface area contributed by atoms with Crippen LogP contribution in [0, 0.1) is 0 Å². The summed E-state index contributed by atoms with van der Waals surface area (Å²) in [5.74, 6) is -0.262. The molecule has 0 spiro atoms. The van der Waals surface area contributed by atoms with E-state index in [-0.39, 0.29) is 18.9 Å². The molecule has 1 aliphatic rings. The second-order valence-electron chi connectivity index (χ2n) is 18.1. The number of carbonyl (C=O) groups excluding carboxylic acids is 1. The van der Waals surface area contributed by atoms with Crippen molar-refractivity contribution in [3.8, 4) is 0 Å². The van der Waals surface area contributed by atoms with E-state index in [2.05, 4.69) is 23.3 Å². The standard InChI is InChI=1S/C49H95NO11S/c1-3-5-7-9-11-13-15-16-17-18-19-20-21-22-23-24-25-26-27-28-29-30-32-34-36-38-43(52)42(50-45(53)39-37-35-33-31-14-12-10-8-6-4-2)41-59-49-47(55)48(61-62(56,57)58)46(54)44(40-51)60-49/h36,38,42-44,46-49,51-52,54-55H,3-35,37,39-41H2,1-2H3,(H,50,53)(H,56,57,58)/b38-36+. The molecule has 0 bridgehead atoms. The van der Waals surface area contributed by atoms with Gasteiger partial charge in [-0.1, -0.05) is 225 Å². The fourth-order valence-electron chi connectivity index (χ4n) is 8.34. The van der Waals surface area contributed by atoms with Gasteiger partial charge in [0.15, 0.2) is 6.29 Å². The molecule has 0 aromatic rings. The highest BCUT2D eigenvalue weighted by Crippen LogP contribution is 2.26. The maximum Gasteiger partial charge on any atom is 0.397 e. The number of amides is 1. The Morgan fingerprint density at radius 3 is 1.40 bits per heavy atom. The zero-order valence-corrected chi connectivity index (χ0v) is 40.3. The van der Waals surface area contributed by atoms with Gasteiger partial charge in [0.05, 0.1) is 25.4 Å². The molecule has 0 aliphatic carbocycles. The minimum atomic E-state index is -5.08. The minimum Gasteiger partial charge on any atom is -0.394 e. The van der Waals surface area contributed by atoms with Crippen molar-refractivity contribution >= 4 is 16.3 Å². The third-order valence-electron chi connectivity index (χ3n) is 12.3. The third kappa shape index (κ3) is 32.5. The molecule has 1 saturated heterocycles. The van der Waals surface area contributed by atoms with Gasteiger partial charge in [0, 0.05) is 6.42 Å². The number of rotatable bonds is 44. The molecule has 0 aromatic carbocycles. The normalized spacial score (nSPS) is 20.5. The van der Waals surface area contributed by atoms with E-state index in [1.165, 1.54) is 173 Å². The molecule has 1 heterocycles. The lowest BCUT2D eigenvalue weighted by atomic mass is 9.99. The largest absolute Gasteiger partial charge is 0.397 e. The SMILES string of the molecule is CCCCCCCCCCCCCCCCCCCCCCCCC/C=C/C(O)C(COC1OC(CO)C(O)C(OS(=O)(=O)O)C1O)NC(=O)CCCCCCCCCCCC. The van der Waals surface area contributed by atoms with Gasteiger partial charge in [-0.15, -0.1) is 0 Å². The van der Waals surface area contributed by atoms with Gasteiger partial charge in [0.1, 0.15) is 24.4 Å². The summed E-state index contributed by atoms with van der Waals surface area (Å²) in [7, 11) is -5.08. The van der Waals surface area contributed by atoms with Crippen LogP contribution in [-0.2, 0) is 28.9 Å². The molecule has 1 rings (SSSR count). The van der Waals surface area contributed by atoms with Crippen molar-refractivity contribution in [3.63, 3.8) is 0 Å². The second-order valence-corrected chi connectivity index (χ2v) is 19.2. The number of hydrogen-bond donors (Lipinski definition) is 6. The first-order valence-electron chi connectivity index (χ1n) is 25.6. The van der Waals surface area contributed by atoms with Crippen molar-refractivity contribution in [1.82, 2.24) is 5.32 Å². The van der Waals surface area contributed by atoms with Crippen LogP contribution in [0.4, 0.5) is 0 Å². The van der Waals surface area contributed by atoms with Gasteiger partial charge in [0.25, 0.3) is 0 Å². The van der Waals surface area contributed by atoms with Crippen LogP contribution < -0.4 is 5.32 Å². The maximum absolute atomic E-state index is 13.0. The van der Waals surface area contributed by atoms with E-state index in [1.54, 1.807) is 6.08 Å². The average Bonchev–Trinajstić information content (AvgIpc) is 3.24. The van der Waals surface area contributed by atoms with Gasteiger partial charge in [0.2, 0.25) is 5.91 Å². The van der Waals surface area contributed by atoms with E-state index in [9.17, 15) is 38.2 Å². The molecule has 0 radical (unpaired) electrons. The van der Waals surface area contributed by atoms with Crippen molar-refractivity contribution in [2.24, 2.45) is 0 Å². The van der Waals surface area contributed by atoms with Crippen LogP contribution in [0.2, 0.25) is 0 Å². The van der Waals surface area contributed by atoms with Crippen LogP contribution in [0.1, 0.15) is 239 Å². The number of aliphatic hydroxyl groups is 4. The second kappa shape index (κ2) is 40.1. The quantitative estimate of drug-likeness (QED) is 0.0194. The topological polar surface area (TPSA) is 192 Å². The van der Waals surface area contributed by atoms with Crippen molar-refractivity contribution in [1.29, 1.82) is 0 Å². The Labute approximate surface area is 379 Å². The monoisotopic (exact) mass is 906 g/mol. The molecule has 13 heteroatoms. The molecule has 7 atom stereocenters. The summed E-state index contributed by atoms with van der Waals surface area (Å²) in [6.45, 7) is 3.39. The predicted octanol–water partition coefficient (Wildman–Crippen LogP) is 10.7. The number of carbonyl (C=O) groups is 1. The summed E-state index contributed by atoms with van der Waals surface area (Å²) in [5, 5.41) is 44.7. The molecular weight excluding hydrogens is 811 g/mol. The number of nitrogens with one attached hydrogen (secondary N) is 1. The van der Waals surface area contributed by atoms with Crippen LogP contribution in [-0.4, -0.2) is 95.4 Å². The Bertz CT molecular complexity index is 1160. The Kier molecular flexibility index (Phi) is 38.1. The van der Waals surface area contributed by atoms with E-state index in [4.69, 9.17) is 9.47 Å². The van der Waals surface area contributed by atoms with E-state index in [0.717, 1.165) is 38.5 Å². The highest BCUT2D eigenvalue weighted by molar-refractivity contribution is 7.80. The van der Waals surface area contributed by atoms with Crippen LogP contribution in [0.3, 0.4) is 0 Å². The van der Waals surface area contributed by atoms with Crippen LogP contribution in [0.5, 0.6) is 0 Å². The lowest BCUT2D eigenvalue weighted by Crippen LogP contribution is -2.61. The highest BCUT2D eigenvalue weighted by atomic mass is 32.3. The summed E-state index contributed by atoms with van der Waals surface area (Å²) < 4.78 is 47.6. The van der Waals surface area contributed by atoms with Crippen molar-refractivity contribution in [2.75, 3.05) is 13.2 Å². The summed E-state index contributed by atoms with van der Waals surface area (Å²) in [4.78, 5) is 13.0. The predicted molar refractivity (Wildman–Crippen MR) is 250 cm³/mol. The fourth-order valence-corrected chi connectivity index (χ4v) is 8.85. The molecule has 7 unspecified atom stereocenters. The number of allylic oxidation sites excluding steroid dienone is 1. The first-order valence-corrected chi connectivity index (χ1v) is 26.9. The van der Waals surface area contributed by atoms with Gasteiger partial charge < -0.3 is 35.2 Å². The summed E-state index contributed by atoms with van der Waals surface area (Å²) >= 11 is 0. The van der Waals surface area contributed by atoms with E-state index in [0.29, 0.717) is 6.42 Å². The zero-order chi connectivity index (χ0) is 45.5. The fraction of sp³-hybridized carbons (Fsp3) is 0.939. The average molecular weight is 906 g/mol. The van der Waals surface area contributed by atoms with Gasteiger partial charge in [-0.25, -0.2) is 4.18 Å². The molecule has 1 aliphatic heterocycles. The van der Waals surface area contributed by atoms with Gasteiger partial charge in [-0.3, -0.25) is 9.35 Å². The molecular formula is C49H95NO11S. The molecule has 6 N–H and O–H groups in total. The molecule has 1 fully saturated rings. The third-order valence-corrected chi connectivity index (χ3v) is 12.8. The summed E-state index contributed by atoms with van der Waals surface area (Å²) in [6, 6.07) is -0.938. The lowest BCUT2D eigenvalue weighted by Gasteiger charge is -2.41. The highest BCUT2D eigenvalue weighted by Gasteiger charge is 2.48. The van der Waals surface area contributed by atoms with E-state index >= 15 is 0 Å². The Balaban J connectivity index is 2.36. The molecule has 368 valence electrons. The van der Waals surface area contributed by atoms with Crippen molar-refractivity contribution in [3.05, 3.63) is 12.2 Å². The van der Waals surface area contributed by atoms with Crippen LogP contribution in [0.15, 0.2) is 12.2 Å². The maximum atomic E-state index is 13.0. The van der Waals surface area contributed by atoms with E-state index < -0.39 is 59.9 Å². The number of aliphatic hydroxyl groups excluding tert-OH is 4. The Hall–Kier alpha value is -1.16. The number of ether oxygens (including phenoxy) is 2. The molecule has 0 saturated carbocycles. The van der Waals surface area contributed by atoms with Crippen molar-refractivity contribution < 1.29 is 51.8 Å². The first-order chi connectivity index (χ1) is 30.0. The van der Waals surface area contributed by atoms with Crippen molar-refractivity contribution in [2.45, 2.75) is 281 Å². The molecule has 0 aromatic heterocycles. The van der Waals surface area contributed by atoms with E-state index in [1.807, 2.05) is 6.08 Å². The zero-order valence-electron chi connectivity index (χ0n) is 39.5. The summed E-state index contributed by atoms with van der Waals surface area (Å²) in [5.41, 5.74) is 0. The number of unbranched alkanes of at least 4 members (excludes halogenated alkanes) is 32. The Morgan fingerprint density at radius 1 is 0.629 bits per heavy atom. The van der Waals surface area contributed by atoms with Crippen LogP contribution in [0.25, 0.3) is 0 Å². The van der Waals surface area contributed by atoms with Gasteiger partial charge in [-0.2, -0.15) is 8.42 Å². The molecule has 1 amide bonds. The van der Waals surface area contributed by atoms with Gasteiger partial charge >= 0.3 is 10.4 Å². The molecule has 12 nitrogen and oxygen atoms in total. The van der Waals surface area contributed by atoms with Gasteiger partial charge in [-0.05, 0) is 19.3 Å². The smallest absolute Gasteiger partial charge is 0.394 e. The molecule has 62 heavy (non-hydrogen) atoms. The minimum absolute atomic E-state index is 0.262. The number of hydrogen-bond acceptors (Lipinski definition) is 10. The first kappa shape index (κ1) is 58.9. The lowest BCUT2D eigenvalue weighted by molar-refractivity contribution is -0.298. The Morgan fingerprint density at radius 2 is 1.02 bits per heavy atom. The van der Waals surface area contributed by atoms with Crippen LogP contribution >= 0.6 is 0 Å². The summed E-state index contributed by atoms with van der Waals surface area (Å²) in [6.07, 6.45) is 37.0.